The van der Waals surface area contributed by atoms with Gasteiger partial charge in [0, 0.05) is 38.6 Å². The molecule has 244 valence electrons. The largest absolute Gasteiger partial charge is 0.454 e. The van der Waals surface area contributed by atoms with Gasteiger partial charge < -0.3 is 13.7 Å². The van der Waals surface area contributed by atoms with Crippen molar-refractivity contribution in [3.8, 4) is 16.8 Å². The van der Waals surface area contributed by atoms with Gasteiger partial charge in [-0.05, 0) is 82.6 Å². The molecule has 4 heteroatoms. The van der Waals surface area contributed by atoms with E-state index in [0.717, 1.165) is 77.7 Å². The van der Waals surface area contributed by atoms with Crippen LogP contribution in [0.4, 0.5) is 17.1 Å². The second-order valence-electron chi connectivity index (χ2n) is 13.3. The van der Waals surface area contributed by atoms with Crippen molar-refractivity contribution in [1.29, 1.82) is 0 Å². The molecule has 3 aromatic heterocycles. The zero-order chi connectivity index (χ0) is 34.2. The van der Waals surface area contributed by atoms with Gasteiger partial charge >= 0.3 is 0 Å². The summed E-state index contributed by atoms with van der Waals surface area (Å²) in [5.41, 5.74) is 11.0. The molecule has 0 amide bonds. The summed E-state index contributed by atoms with van der Waals surface area (Å²) in [6.07, 6.45) is 0. The van der Waals surface area contributed by atoms with Crippen LogP contribution >= 0.6 is 0 Å². The van der Waals surface area contributed by atoms with E-state index in [4.69, 9.17) is 8.83 Å². The quantitative estimate of drug-likeness (QED) is 0.183. The third-order valence-electron chi connectivity index (χ3n) is 10.4. The van der Waals surface area contributed by atoms with Gasteiger partial charge in [-0.25, -0.2) is 0 Å². The van der Waals surface area contributed by atoms with E-state index in [1.54, 1.807) is 0 Å². The van der Waals surface area contributed by atoms with Crippen LogP contribution in [0.3, 0.4) is 0 Å². The van der Waals surface area contributed by atoms with Crippen molar-refractivity contribution >= 4 is 82.7 Å². The molecule has 11 rings (SSSR count). The van der Waals surface area contributed by atoms with Gasteiger partial charge in [0.25, 0.3) is 0 Å². The second-order valence-corrected chi connectivity index (χ2v) is 13.3. The van der Waals surface area contributed by atoms with E-state index in [9.17, 15) is 0 Å². The number of furan rings is 2. The fraction of sp³-hybridized carbons (Fsp3) is 0. The average Bonchev–Trinajstić information content (AvgIpc) is 3.88. The van der Waals surface area contributed by atoms with Crippen LogP contribution in [0, 0.1) is 0 Å². The SMILES string of the molecule is c1ccc(-c2ccc(N(c3ccc4c(c3)c3c5ccccc5oc3n4-c3ccc4ccccc4c3)c3cccc4c3oc3ccccc34)cc2)cc1. The third-order valence-corrected chi connectivity index (χ3v) is 10.4. The lowest BCUT2D eigenvalue weighted by Crippen LogP contribution is -2.10. The minimum Gasteiger partial charge on any atom is -0.454 e. The van der Waals surface area contributed by atoms with Crippen LogP contribution in [-0.2, 0) is 0 Å². The molecule has 0 aliphatic heterocycles. The predicted octanol–water partition coefficient (Wildman–Crippen LogP) is 13.7. The van der Waals surface area contributed by atoms with Crippen molar-refractivity contribution in [1.82, 2.24) is 4.57 Å². The molecule has 0 radical (unpaired) electrons. The van der Waals surface area contributed by atoms with E-state index in [2.05, 4.69) is 173 Å². The van der Waals surface area contributed by atoms with E-state index >= 15 is 0 Å². The van der Waals surface area contributed by atoms with Crippen molar-refractivity contribution in [2.24, 2.45) is 0 Å². The monoisotopic (exact) mass is 666 g/mol. The summed E-state index contributed by atoms with van der Waals surface area (Å²) >= 11 is 0. The lowest BCUT2D eigenvalue weighted by molar-refractivity contribution is 0.645. The molecule has 4 nitrogen and oxygen atoms in total. The molecule has 0 aliphatic rings. The molecule has 0 spiro atoms. The minimum absolute atomic E-state index is 0.835. The third kappa shape index (κ3) is 4.34. The fourth-order valence-electron chi connectivity index (χ4n) is 7.96. The Bertz CT molecular complexity index is 3130. The number of para-hydroxylation sites is 3. The molecule has 0 unspecified atom stereocenters. The van der Waals surface area contributed by atoms with E-state index < -0.39 is 0 Å². The van der Waals surface area contributed by atoms with Crippen LogP contribution in [-0.4, -0.2) is 4.57 Å². The highest BCUT2D eigenvalue weighted by Gasteiger charge is 2.24. The minimum atomic E-state index is 0.835. The Morgan fingerprint density at radius 3 is 1.94 bits per heavy atom. The summed E-state index contributed by atoms with van der Waals surface area (Å²) in [6, 6.07) is 64.2. The number of anilines is 3. The van der Waals surface area contributed by atoms with Gasteiger partial charge in [0.05, 0.1) is 16.6 Å². The van der Waals surface area contributed by atoms with Crippen molar-refractivity contribution in [3.63, 3.8) is 0 Å². The molecule has 0 aliphatic carbocycles. The van der Waals surface area contributed by atoms with Crippen LogP contribution in [0.15, 0.2) is 191 Å². The van der Waals surface area contributed by atoms with Crippen LogP contribution in [0.2, 0.25) is 0 Å². The molecular formula is C48H30N2O2. The Balaban J connectivity index is 1.18. The normalized spacial score (nSPS) is 11.8. The van der Waals surface area contributed by atoms with E-state index in [1.807, 2.05) is 18.2 Å². The average molecular weight is 667 g/mol. The zero-order valence-electron chi connectivity index (χ0n) is 28.0. The molecule has 0 N–H and O–H groups in total. The lowest BCUT2D eigenvalue weighted by Gasteiger charge is -2.26. The molecule has 8 aromatic carbocycles. The maximum Gasteiger partial charge on any atom is 0.213 e. The molecule has 3 heterocycles. The predicted molar refractivity (Wildman–Crippen MR) is 215 cm³/mol. The van der Waals surface area contributed by atoms with Gasteiger partial charge in [-0.2, -0.15) is 0 Å². The van der Waals surface area contributed by atoms with Gasteiger partial charge in [-0.1, -0.05) is 121 Å². The summed E-state index contributed by atoms with van der Waals surface area (Å²) in [7, 11) is 0. The first-order valence-electron chi connectivity index (χ1n) is 17.6. The van der Waals surface area contributed by atoms with Gasteiger partial charge in [-0.15, -0.1) is 0 Å². The highest BCUT2D eigenvalue weighted by Crippen LogP contribution is 2.46. The number of fused-ring (bicyclic) bond motifs is 9. The van der Waals surface area contributed by atoms with Gasteiger partial charge in [-0.3, -0.25) is 4.57 Å². The fourth-order valence-corrected chi connectivity index (χ4v) is 7.96. The first-order valence-corrected chi connectivity index (χ1v) is 17.6. The maximum absolute atomic E-state index is 6.69. The highest BCUT2D eigenvalue weighted by molar-refractivity contribution is 6.21. The molecule has 0 saturated heterocycles. The van der Waals surface area contributed by atoms with Crippen LogP contribution in [0.25, 0.3) is 82.5 Å². The van der Waals surface area contributed by atoms with Crippen molar-refractivity contribution in [2.75, 3.05) is 4.90 Å². The Labute approximate surface area is 299 Å². The Morgan fingerprint density at radius 2 is 1.10 bits per heavy atom. The van der Waals surface area contributed by atoms with E-state index in [1.165, 1.54) is 21.9 Å². The smallest absolute Gasteiger partial charge is 0.213 e. The number of hydrogen-bond acceptors (Lipinski definition) is 3. The van der Waals surface area contributed by atoms with Crippen molar-refractivity contribution < 1.29 is 8.83 Å². The number of nitrogens with zero attached hydrogens (tertiary/aromatic N) is 2. The molecule has 0 bridgehead atoms. The Kier molecular flexibility index (Phi) is 6.22. The number of rotatable bonds is 5. The molecule has 11 aromatic rings. The molecule has 0 atom stereocenters. The molecule has 52 heavy (non-hydrogen) atoms. The topological polar surface area (TPSA) is 34.5 Å². The summed E-state index contributed by atoms with van der Waals surface area (Å²) in [5, 5.41) is 7.90. The summed E-state index contributed by atoms with van der Waals surface area (Å²) in [6.45, 7) is 0. The lowest BCUT2D eigenvalue weighted by atomic mass is 10.0. The van der Waals surface area contributed by atoms with E-state index in [-0.39, 0.29) is 0 Å². The van der Waals surface area contributed by atoms with Crippen LogP contribution < -0.4 is 4.90 Å². The highest BCUT2D eigenvalue weighted by atomic mass is 16.3. The number of aromatic nitrogens is 1. The number of benzene rings is 8. The van der Waals surface area contributed by atoms with Gasteiger partial charge in [0.2, 0.25) is 5.71 Å². The molecular weight excluding hydrogens is 637 g/mol. The first-order chi connectivity index (χ1) is 25.8. The summed E-state index contributed by atoms with van der Waals surface area (Å²) in [5.74, 6) is 0. The molecule has 0 saturated carbocycles. The van der Waals surface area contributed by atoms with Crippen LogP contribution in [0.1, 0.15) is 0 Å². The zero-order valence-corrected chi connectivity index (χ0v) is 28.0. The second kappa shape index (κ2) is 11.2. The van der Waals surface area contributed by atoms with Gasteiger partial charge in [0.15, 0.2) is 5.58 Å². The maximum atomic E-state index is 6.69. The van der Waals surface area contributed by atoms with Crippen LogP contribution in [0.5, 0.6) is 0 Å². The molecule has 0 fully saturated rings. The summed E-state index contributed by atoms with van der Waals surface area (Å²) in [4.78, 5) is 2.32. The first kappa shape index (κ1) is 28.8. The van der Waals surface area contributed by atoms with Gasteiger partial charge in [0.1, 0.15) is 11.2 Å². The van der Waals surface area contributed by atoms with Crippen molar-refractivity contribution in [2.45, 2.75) is 0 Å². The standard InChI is InChI=1S/C48H30N2O2/c1-2-11-31(12-3-1)33-21-24-35(25-22-33)49(43-18-10-17-39-38-15-6-8-19-44(38)51-47(39)43)37-27-28-42-41(30-37)46-40-16-7-9-20-45(40)52-48(46)50(42)36-26-23-32-13-4-5-14-34(32)29-36/h1-30H. The summed E-state index contributed by atoms with van der Waals surface area (Å²) < 4.78 is 15.6. The Morgan fingerprint density at radius 1 is 0.423 bits per heavy atom. The number of hydrogen-bond donors (Lipinski definition) is 0. The van der Waals surface area contributed by atoms with Crippen molar-refractivity contribution in [3.05, 3.63) is 182 Å². The Hall–Kier alpha value is -7.04. The van der Waals surface area contributed by atoms with E-state index in [0.29, 0.717) is 0 Å².